The van der Waals surface area contributed by atoms with Crippen LogP contribution < -0.4 is 5.73 Å². The van der Waals surface area contributed by atoms with Crippen LogP contribution >= 0.6 is 23.2 Å². The number of aryl methyl sites for hydroxylation is 2. The molecule has 0 spiro atoms. The number of rotatable bonds is 4. The molecule has 0 fully saturated rings. The van der Waals surface area contributed by atoms with Crippen molar-refractivity contribution < 1.29 is 0 Å². The van der Waals surface area contributed by atoms with Crippen LogP contribution in [0.5, 0.6) is 0 Å². The molecular formula is C17H19Cl2N. The summed E-state index contributed by atoms with van der Waals surface area (Å²) in [6, 6.07) is 12.2. The maximum atomic E-state index is 6.24. The first-order valence-electron chi connectivity index (χ1n) is 6.72. The lowest BCUT2D eigenvalue weighted by atomic mass is 9.97. The summed E-state index contributed by atoms with van der Waals surface area (Å²) in [5.74, 6) is 0. The molecule has 0 aromatic heterocycles. The zero-order valence-corrected chi connectivity index (χ0v) is 13.3. The highest BCUT2D eigenvalue weighted by Gasteiger charge is 2.10. The van der Waals surface area contributed by atoms with Crippen LogP contribution in [0.25, 0.3) is 0 Å². The van der Waals surface area contributed by atoms with Gasteiger partial charge in [0.25, 0.3) is 0 Å². The van der Waals surface area contributed by atoms with Crippen LogP contribution in [-0.4, -0.2) is 6.04 Å². The summed E-state index contributed by atoms with van der Waals surface area (Å²) in [5, 5.41) is 1.20. The Morgan fingerprint density at radius 3 is 2.45 bits per heavy atom. The summed E-state index contributed by atoms with van der Waals surface area (Å²) in [5.41, 5.74) is 11.1. The third-order valence-electron chi connectivity index (χ3n) is 3.58. The Morgan fingerprint density at radius 2 is 1.75 bits per heavy atom. The van der Waals surface area contributed by atoms with Crippen LogP contribution in [-0.2, 0) is 12.8 Å². The third-order valence-corrected chi connectivity index (χ3v) is 4.44. The molecule has 2 aromatic carbocycles. The van der Waals surface area contributed by atoms with Crippen LogP contribution in [0.1, 0.15) is 22.3 Å². The number of hydrogen-bond acceptors (Lipinski definition) is 1. The van der Waals surface area contributed by atoms with Crippen molar-refractivity contribution in [3.05, 3.63) is 68.7 Å². The zero-order valence-electron chi connectivity index (χ0n) is 11.8. The Hall–Kier alpha value is -1.02. The van der Waals surface area contributed by atoms with E-state index in [1.165, 1.54) is 16.7 Å². The highest BCUT2D eigenvalue weighted by atomic mass is 35.5. The Bertz CT molecular complexity index is 608. The molecule has 20 heavy (non-hydrogen) atoms. The average molecular weight is 308 g/mol. The molecule has 1 atom stereocenters. The Kier molecular flexibility index (Phi) is 5.09. The first-order chi connectivity index (χ1) is 9.47. The van der Waals surface area contributed by atoms with Gasteiger partial charge in [-0.3, -0.25) is 0 Å². The lowest BCUT2D eigenvalue weighted by Gasteiger charge is -2.14. The van der Waals surface area contributed by atoms with Crippen molar-refractivity contribution in [2.24, 2.45) is 5.73 Å². The van der Waals surface area contributed by atoms with Gasteiger partial charge in [-0.2, -0.15) is 0 Å². The van der Waals surface area contributed by atoms with E-state index in [1.54, 1.807) is 6.07 Å². The highest BCUT2D eigenvalue weighted by molar-refractivity contribution is 6.42. The van der Waals surface area contributed by atoms with Gasteiger partial charge in [-0.05, 0) is 55.0 Å². The van der Waals surface area contributed by atoms with Gasteiger partial charge in [0, 0.05) is 6.04 Å². The van der Waals surface area contributed by atoms with Crippen molar-refractivity contribution in [1.82, 2.24) is 0 Å². The molecule has 0 aliphatic rings. The van der Waals surface area contributed by atoms with Gasteiger partial charge in [0.1, 0.15) is 0 Å². The van der Waals surface area contributed by atoms with E-state index in [0.29, 0.717) is 10.0 Å². The van der Waals surface area contributed by atoms with Gasteiger partial charge in [-0.1, -0.05) is 53.5 Å². The van der Waals surface area contributed by atoms with E-state index in [2.05, 4.69) is 32.0 Å². The van der Waals surface area contributed by atoms with Gasteiger partial charge in [0.2, 0.25) is 0 Å². The van der Waals surface area contributed by atoms with Gasteiger partial charge in [-0.15, -0.1) is 0 Å². The van der Waals surface area contributed by atoms with E-state index in [9.17, 15) is 0 Å². The van der Waals surface area contributed by atoms with Crippen molar-refractivity contribution in [2.45, 2.75) is 32.7 Å². The summed E-state index contributed by atoms with van der Waals surface area (Å²) in [4.78, 5) is 0. The molecule has 3 heteroatoms. The maximum Gasteiger partial charge on any atom is 0.0624 e. The van der Waals surface area contributed by atoms with E-state index in [0.717, 1.165) is 18.4 Å². The smallest absolute Gasteiger partial charge is 0.0624 e. The highest BCUT2D eigenvalue weighted by Crippen LogP contribution is 2.26. The largest absolute Gasteiger partial charge is 0.327 e. The van der Waals surface area contributed by atoms with Gasteiger partial charge >= 0.3 is 0 Å². The lowest BCUT2D eigenvalue weighted by Crippen LogP contribution is -2.25. The van der Waals surface area contributed by atoms with Gasteiger partial charge < -0.3 is 5.73 Å². The summed E-state index contributed by atoms with van der Waals surface area (Å²) in [7, 11) is 0. The molecule has 0 saturated heterocycles. The van der Waals surface area contributed by atoms with Crippen LogP contribution in [0.15, 0.2) is 36.4 Å². The minimum Gasteiger partial charge on any atom is -0.327 e. The summed E-state index contributed by atoms with van der Waals surface area (Å²) in [6.45, 7) is 4.24. The topological polar surface area (TPSA) is 26.0 Å². The fourth-order valence-corrected chi connectivity index (χ4v) is 2.69. The molecule has 0 bridgehead atoms. The number of hydrogen-bond donors (Lipinski definition) is 1. The second-order valence-corrected chi connectivity index (χ2v) is 6.09. The minimum absolute atomic E-state index is 0.0353. The predicted molar refractivity (Wildman–Crippen MR) is 87.8 cm³/mol. The second kappa shape index (κ2) is 6.62. The van der Waals surface area contributed by atoms with Gasteiger partial charge in [0.15, 0.2) is 0 Å². The van der Waals surface area contributed by atoms with E-state index < -0.39 is 0 Å². The molecule has 1 unspecified atom stereocenters. The van der Waals surface area contributed by atoms with Crippen molar-refractivity contribution in [3.63, 3.8) is 0 Å². The van der Waals surface area contributed by atoms with Crippen molar-refractivity contribution in [2.75, 3.05) is 0 Å². The molecular weight excluding hydrogens is 289 g/mol. The second-order valence-electron chi connectivity index (χ2n) is 5.30. The SMILES string of the molecule is Cc1ccc(CC(N)Cc2cccc(Cl)c2Cl)cc1C. The lowest BCUT2D eigenvalue weighted by molar-refractivity contribution is 0.664. The molecule has 2 rings (SSSR count). The number of halogens is 2. The fraction of sp³-hybridized carbons (Fsp3) is 0.294. The summed E-state index contributed by atoms with van der Waals surface area (Å²) in [6.07, 6.45) is 1.57. The Balaban J connectivity index is 2.07. The van der Waals surface area contributed by atoms with E-state index in [4.69, 9.17) is 28.9 Å². The molecule has 0 aliphatic carbocycles. The van der Waals surface area contributed by atoms with Crippen LogP contribution in [0, 0.1) is 13.8 Å². The summed E-state index contributed by atoms with van der Waals surface area (Å²) < 4.78 is 0. The molecule has 2 N–H and O–H groups in total. The standard InChI is InChI=1S/C17H19Cl2N/c1-11-6-7-13(8-12(11)2)9-15(20)10-14-4-3-5-16(18)17(14)19/h3-8,15H,9-10,20H2,1-2H3. The van der Waals surface area contributed by atoms with Crippen molar-refractivity contribution in [1.29, 1.82) is 0 Å². The normalized spacial score (nSPS) is 12.4. The molecule has 1 nitrogen and oxygen atoms in total. The molecule has 0 amide bonds. The molecule has 0 saturated carbocycles. The quantitative estimate of drug-likeness (QED) is 0.868. The third kappa shape index (κ3) is 3.76. The molecule has 0 aliphatic heterocycles. The van der Waals surface area contributed by atoms with Gasteiger partial charge in [-0.25, -0.2) is 0 Å². The van der Waals surface area contributed by atoms with Crippen molar-refractivity contribution in [3.8, 4) is 0 Å². The predicted octanol–water partition coefficient (Wildman–Crippen LogP) is 4.72. The Labute approximate surface area is 130 Å². The van der Waals surface area contributed by atoms with Crippen LogP contribution in [0.2, 0.25) is 10.0 Å². The maximum absolute atomic E-state index is 6.24. The van der Waals surface area contributed by atoms with Crippen molar-refractivity contribution >= 4 is 23.2 Å². The van der Waals surface area contributed by atoms with Gasteiger partial charge in [0.05, 0.1) is 10.0 Å². The number of benzene rings is 2. The zero-order chi connectivity index (χ0) is 14.7. The molecule has 0 radical (unpaired) electrons. The van der Waals surface area contributed by atoms with E-state index in [-0.39, 0.29) is 6.04 Å². The average Bonchev–Trinajstić information content (AvgIpc) is 2.39. The molecule has 106 valence electrons. The van der Waals surface area contributed by atoms with E-state index >= 15 is 0 Å². The van der Waals surface area contributed by atoms with Crippen LogP contribution in [0.4, 0.5) is 0 Å². The molecule has 0 heterocycles. The summed E-state index contributed by atoms with van der Waals surface area (Å²) >= 11 is 12.2. The fourth-order valence-electron chi connectivity index (χ4n) is 2.29. The first kappa shape index (κ1) is 15.4. The first-order valence-corrected chi connectivity index (χ1v) is 7.47. The Morgan fingerprint density at radius 1 is 1.00 bits per heavy atom. The van der Waals surface area contributed by atoms with E-state index in [1.807, 2.05) is 12.1 Å². The van der Waals surface area contributed by atoms with Crippen LogP contribution in [0.3, 0.4) is 0 Å². The monoisotopic (exact) mass is 307 g/mol. The number of nitrogens with two attached hydrogens (primary N) is 1. The molecule has 2 aromatic rings. The minimum atomic E-state index is 0.0353.